The van der Waals surface area contributed by atoms with Crippen molar-refractivity contribution < 1.29 is 4.79 Å². The molecule has 1 heterocycles. The van der Waals surface area contributed by atoms with E-state index in [2.05, 4.69) is 42.7 Å². The van der Waals surface area contributed by atoms with Gasteiger partial charge in [0.2, 0.25) is 5.91 Å². The van der Waals surface area contributed by atoms with Gasteiger partial charge in [-0.25, -0.2) is 0 Å². The maximum atomic E-state index is 12.7. The highest BCUT2D eigenvalue weighted by Crippen LogP contribution is 2.58. The van der Waals surface area contributed by atoms with Crippen LogP contribution in [-0.4, -0.2) is 19.0 Å². The Labute approximate surface area is 127 Å². The zero-order chi connectivity index (χ0) is 14.9. The van der Waals surface area contributed by atoms with Gasteiger partial charge in [-0.2, -0.15) is 0 Å². The highest BCUT2D eigenvalue weighted by Gasteiger charge is 2.57. The Hall–Kier alpha value is -1.35. The number of carbonyl (C=O) groups is 1. The monoisotopic (exact) mass is 286 g/mol. The van der Waals surface area contributed by atoms with E-state index in [1.165, 1.54) is 11.1 Å². The van der Waals surface area contributed by atoms with Crippen molar-refractivity contribution in [2.24, 2.45) is 11.3 Å². The number of carbonyl (C=O) groups excluding carboxylic acids is 1. The molecular formula is C18H26N2O. The van der Waals surface area contributed by atoms with Gasteiger partial charge in [0.15, 0.2) is 0 Å². The summed E-state index contributed by atoms with van der Waals surface area (Å²) in [6.07, 6.45) is 5.31. The molecule has 3 heteroatoms. The number of anilines is 1. The fraction of sp³-hybridized carbons (Fsp3) is 0.611. The number of benzene rings is 1. The van der Waals surface area contributed by atoms with Crippen LogP contribution in [0.2, 0.25) is 0 Å². The van der Waals surface area contributed by atoms with Crippen molar-refractivity contribution in [1.29, 1.82) is 0 Å². The summed E-state index contributed by atoms with van der Waals surface area (Å²) in [6.45, 7) is 6.43. The minimum absolute atomic E-state index is 0.231. The van der Waals surface area contributed by atoms with E-state index in [1.54, 1.807) is 0 Å². The molecule has 0 aromatic heterocycles. The third-order valence-corrected chi connectivity index (χ3v) is 5.35. The van der Waals surface area contributed by atoms with Crippen LogP contribution in [0.3, 0.4) is 0 Å². The number of nitrogens with one attached hydrogen (secondary N) is 2. The quantitative estimate of drug-likeness (QED) is 0.893. The second kappa shape index (κ2) is 5.80. The molecular weight excluding hydrogens is 260 g/mol. The molecule has 0 bridgehead atoms. The van der Waals surface area contributed by atoms with Crippen LogP contribution in [0.4, 0.5) is 5.69 Å². The molecule has 1 saturated heterocycles. The fourth-order valence-corrected chi connectivity index (χ4v) is 3.81. The molecule has 2 fully saturated rings. The summed E-state index contributed by atoms with van der Waals surface area (Å²) in [5.74, 6) is 0.474. The minimum Gasteiger partial charge on any atom is -0.325 e. The highest BCUT2D eigenvalue weighted by atomic mass is 16.2. The van der Waals surface area contributed by atoms with E-state index in [1.807, 2.05) is 0 Å². The lowest BCUT2D eigenvalue weighted by atomic mass is 9.91. The molecule has 1 aliphatic carbocycles. The van der Waals surface area contributed by atoms with Crippen molar-refractivity contribution in [2.75, 3.05) is 18.4 Å². The Bertz CT molecular complexity index is 510. The highest BCUT2D eigenvalue weighted by molar-refractivity contribution is 5.96. The van der Waals surface area contributed by atoms with Gasteiger partial charge in [-0.3, -0.25) is 4.79 Å². The maximum absolute atomic E-state index is 12.7. The van der Waals surface area contributed by atoms with Crippen molar-refractivity contribution >= 4 is 11.6 Å². The average Bonchev–Trinajstić information content (AvgIpc) is 3.21. The summed E-state index contributed by atoms with van der Waals surface area (Å²) in [6, 6.07) is 6.35. The Morgan fingerprint density at radius 3 is 2.43 bits per heavy atom. The van der Waals surface area contributed by atoms with Crippen molar-refractivity contribution in [3.8, 4) is 0 Å². The molecule has 1 saturated carbocycles. The first-order valence-corrected chi connectivity index (χ1v) is 8.32. The van der Waals surface area contributed by atoms with Crippen molar-refractivity contribution in [3.63, 3.8) is 0 Å². The van der Waals surface area contributed by atoms with E-state index in [9.17, 15) is 4.79 Å². The first kappa shape index (κ1) is 14.6. The van der Waals surface area contributed by atoms with Gasteiger partial charge < -0.3 is 10.6 Å². The van der Waals surface area contributed by atoms with E-state index in [4.69, 9.17) is 0 Å². The average molecular weight is 286 g/mol. The van der Waals surface area contributed by atoms with Gasteiger partial charge >= 0.3 is 0 Å². The standard InChI is InChI=1S/C18H26N2O/c1-3-13-6-5-7-14(4-2)16(13)20-17(21)15-12-18(15)8-10-19-11-9-18/h5-7,15,19H,3-4,8-12H2,1-2H3,(H,20,21). The molecule has 1 aromatic carbocycles. The van der Waals surface area contributed by atoms with Crippen LogP contribution >= 0.6 is 0 Å². The molecule has 1 aromatic rings. The Morgan fingerprint density at radius 2 is 1.86 bits per heavy atom. The van der Waals surface area contributed by atoms with Crippen LogP contribution in [0, 0.1) is 11.3 Å². The van der Waals surface area contributed by atoms with Crippen LogP contribution in [0.1, 0.15) is 44.2 Å². The van der Waals surface area contributed by atoms with Gasteiger partial charge in [-0.15, -0.1) is 0 Å². The maximum Gasteiger partial charge on any atom is 0.228 e. The molecule has 0 radical (unpaired) electrons. The Kier molecular flexibility index (Phi) is 4.03. The van der Waals surface area contributed by atoms with Gasteiger partial charge in [0.05, 0.1) is 0 Å². The summed E-state index contributed by atoms with van der Waals surface area (Å²) in [5.41, 5.74) is 3.89. The molecule has 2 N–H and O–H groups in total. The number of hydrogen-bond donors (Lipinski definition) is 2. The number of rotatable bonds is 4. The summed E-state index contributed by atoms with van der Waals surface area (Å²) in [7, 11) is 0. The number of amides is 1. The number of hydrogen-bond acceptors (Lipinski definition) is 2. The lowest BCUT2D eigenvalue weighted by molar-refractivity contribution is -0.118. The smallest absolute Gasteiger partial charge is 0.228 e. The van der Waals surface area contributed by atoms with E-state index in [0.29, 0.717) is 5.41 Å². The molecule has 1 atom stereocenters. The van der Waals surface area contributed by atoms with E-state index < -0.39 is 0 Å². The largest absolute Gasteiger partial charge is 0.325 e. The van der Waals surface area contributed by atoms with Crippen molar-refractivity contribution in [1.82, 2.24) is 5.32 Å². The van der Waals surface area contributed by atoms with E-state index >= 15 is 0 Å². The topological polar surface area (TPSA) is 41.1 Å². The molecule has 3 nitrogen and oxygen atoms in total. The number of para-hydroxylation sites is 1. The van der Waals surface area contributed by atoms with Crippen LogP contribution in [0.5, 0.6) is 0 Å². The van der Waals surface area contributed by atoms with Crippen molar-refractivity contribution in [2.45, 2.75) is 46.0 Å². The Balaban J connectivity index is 1.74. The van der Waals surface area contributed by atoms with Gasteiger partial charge in [0, 0.05) is 11.6 Å². The summed E-state index contributed by atoms with van der Waals surface area (Å²) in [5, 5.41) is 6.65. The number of piperidine rings is 1. The lowest BCUT2D eigenvalue weighted by Crippen LogP contribution is -2.31. The first-order valence-electron chi connectivity index (χ1n) is 8.32. The van der Waals surface area contributed by atoms with Crippen LogP contribution < -0.4 is 10.6 Å². The molecule has 1 unspecified atom stereocenters. The molecule has 2 aliphatic rings. The van der Waals surface area contributed by atoms with E-state index in [0.717, 1.165) is 50.9 Å². The molecule has 3 rings (SSSR count). The first-order chi connectivity index (χ1) is 10.2. The predicted octanol–water partition coefficient (Wildman–Crippen LogP) is 3.14. The molecule has 1 amide bonds. The third-order valence-electron chi connectivity index (χ3n) is 5.35. The molecule has 1 aliphatic heterocycles. The van der Waals surface area contributed by atoms with Crippen LogP contribution in [0.15, 0.2) is 18.2 Å². The van der Waals surface area contributed by atoms with Gasteiger partial charge in [0.25, 0.3) is 0 Å². The predicted molar refractivity (Wildman–Crippen MR) is 86.5 cm³/mol. The van der Waals surface area contributed by atoms with Crippen LogP contribution in [-0.2, 0) is 17.6 Å². The normalized spacial score (nSPS) is 23.0. The second-order valence-corrected chi connectivity index (χ2v) is 6.52. The molecule has 21 heavy (non-hydrogen) atoms. The van der Waals surface area contributed by atoms with Crippen molar-refractivity contribution in [3.05, 3.63) is 29.3 Å². The second-order valence-electron chi connectivity index (χ2n) is 6.52. The van der Waals surface area contributed by atoms with Gasteiger partial charge in [0.1, 0.15) is 0 Å². The zero-order valence-electron chi connectivity index (χ0n) is 13.2. The minimum atomic E-state index is 0.231. The summed E-state index contributed by atoms with van der Waals surface area (Å²) in [4.78, 5) is 12.7. The van der Waals surface area contributed by atoms with Crippen LogP contribution in [0.25, 0.3) is 0 Å². The summed E-state index contributed by atoms with van der Waals surface area (Å²) < 4.78 is 0. The summed E-state index contributed by atoms with van der Waals surface area (Å²) >= 11 is 0. The zero-order valence-corrected chi connectivity index (χ0v) is 13.2. The molecule has 1 spiro atoms. The SMILES string of the molecule is CCc1cccc(CC)c1NC(=O)C1CC12CCNCC2. The van der Waals surface area contributed by atoms with Gasteiger partial charge in [-0.05, 0) is 61.7 Å². The molecule has 114 valence electrons. The lowest BCUT2D eigenvalue weighted by Gasteiger charge is -2.23. The van der Waals surface area contributed by atoms with Gasteiger partial charge in [-0.1, -0.05) is 32.0 Å². The Morgan fingerprint density at radius 1 is 1.24 bits per heavy atom. The fourth-order valence-electron chi connectivity index (χ4n) is 3.81. The number of aryl methyl sites for hydroxylation is 2. The van der Waals surface area contributed by atoms with E-state index in [-0.39, 0.29) is 11.8 Å². The third kappa shape index (κ3) is 2.71.